The minimum Gasteiger partial charge on any atom is -0.493 e. The summed E-state index contributed by atoms with van der Waals surface area (Å²) in [6, 6.07) is 3.83. The lowest BCUT2D eigenvalue weighted by Gasteiger charge is -2.25. The maximum absolute atomic E-state index is 11.7. The summed E-state index contributed by atoms with van der Waals surface area (Å²) < 4.78 is 10.2. The van der Waals surface area contributed by atoms with Gasteiger partial charge >= 0.3 is 6.03 Å². The van der Waals surface area contributed by atoms with Gasteiger partial charge in [-0.15, -0.1) is 0 Å². The first-order valence-corrected chi connectivity index (χ1v) is 5.45. The van der Waals surface area contributed by atoms with Crippen molar-refractivity contribution in [2.45, 2.75) is 6.42 Å². The molecule has 7 heteroatoms. The van der Waals surface area contributed by atoms with E-state index in [9.17, 15) is 14.4 Å². The number of carbonyl (C=O) groups is 3. The van der Waals surface area contributed by atoms with Gasteiger partial charge in [0.2, 0.25) is 11.8 Å². The molecule has 0 spiro atoms. The number of imide groups is 2. The molecule has 0 saturated carbocycles. The number of amides is 4. The van der Waals surface area contributed by atoms with Crippen molar-refractivity contribution in [3.05, 3.63) is 18.2 Å². The van der Waals surface area contributed by atoms with Crippen LogP contribution >= 0.6 is 0 Å². The highest BCUT2D eigenvalue weighted by molar-refractivity contribution is 6.26. The second-order valence-corrected chi connectivity index (χ2v) is 3.80. The van der Waals surface area contributed by atoms with Crippen LogP contribution in [0.5, 0.6) is 11.5 Å². The van der Waals surface area contributed by atoms with E-state index >= 15 is 0 Å². The summed E-state index contributed by atoms with van der Waals surface area (Å²) in [6.07, 6.45) is -0.361. The van der Waals surface area contributed by atoms with Crippen LogP contribution in [0.1, 0.15) is 6.42 Å². The molecule has 7 nitrogen and oxygen atoms in total. The number of nitrogens with one attached hydrogen (secondary N) is 1. The standard InChI is InChI=1S/C12H12N2O5/c1-18-8-4-3-7(5-9(8)19-2)14-11(16)6-10(15)13-12(14)17/h3-5H,6H2,1-2H3,(H,13,15,17). The van der Waals surface area contributed by atoms with Crippen LogP contribution in [0.3, 0.4) is 0 Å². The van der Waals surface area contributed by atoms with Gasteiger partial charge in [0.05, 0.1) is 19.9 Å². The van der Waals surface area contributed by atoms with Gasteiger partial charge in [-0.05, 0) is 12.1 Å². The third-order valence-electron chi connectivity index (χ3n) is 2.64. The van der Waals surface area contributed by atoms with E-state index < -0.39 is 17.8 Å². The molecule has 19 heavy (non-hydrogen) atoms. The first kappa shape index (κ1) is 12.9. The molecule has 1 saturated heterocycles. The lowest BCUT2D eigenvalue weighted by Crippen LogP contribution is -2.52. The smallest absolute Gasteiger partial charge is 0.335 e. The Labute approximate surface area is 109 Å². The molecule has 1 N–H and O–H groups in total. The summed E-state index contributed by atoms with van der Waals surface area (Å²) in [6.45, 7) is 0. The van der Waals surface area contributed by atoms with Gasteiger partial charge in [-0.1, -0.05) is 0 Å². The molecule has 1 heterocycles. The van der Waals surface area contributed by atoms with E-state index in [-0.39, 0.29) is 6.42 Å². The first-order valence-electron chi connectivity index (χ1n) is 5.45. The molecule has 1 aliphatic heterocycles. The number of hydrogen-bond acceptors (Lipinski definition) is 5. The number of rotatable bonds is 3. The molecule has 1 fully saturated rings. The molecule has 0 bridgehead atoms. The van der Waals surface area contributed by atoms with Crippen LogP contribution in [0.2, 0.25) is 0 Å². The van der Waals surface area contributed by atoms with Crippen molar-refractivity contribution >= 4 is 23.5 Å². The summed E-state index contributed by atoms with van der Waals surface area (Å²) in [7, 11) is 2.93. The van der Waals surface area contributed by atoms with Crippen LogP contribution in [-0.4, -0.2) is 32.1 Å². The molecule has 0 unspecified atom stereocenters. The summed E-state index contributed by atoms with van der Waals surface area (Å²) >= 11 is 0. The molecular weight excluding hydrogens is 252 g/mol. The van der Waals surface area contributed by atoms with Crippen LogP contribution in [0, 0.1) is 0 Å². The number of anilines is 1. The van der Waals surface area contributed by atoms with Gasteiger partial charge in [0.1, 0.15) is 6.42 Å². The minimum absolute atomic E-state index is 0.313. The predicted octanol–water partition coefficient (Wildman–Crippen LogP) is 0.677. The van der Waals surface area contributed by atoms with Crippen LogP contribution in [0.15, 0.2) is 18.2 Å². The van der Waals surface area contributed by atoms with E-state index in [1.807, 2.05) is 0 Å². The molecular formula is C12H12N2O5. The molecule has 2 rings (SSSR count). The highest BCUT2D eigenvalue weighted by Crippen LogP contribution is 2.32. The summed E-state index contributed by atoms with van der Waals surface area (Å²) in [5.41, 5.74) is 0.313. The molecule has 1 aromatic carbocycles. The van der Waals surface area contributed by atoms with Gasteiger partial charge in [0, 0.05) is 6.07 Å². The van der Waals surface area contributed by atoms with Crippen LogP contribution in [0.25, 0.3) is 0 Å². The molecule has 100 valence electrons. The van der Waals surface area contributed by atoms with Crippen molar-refractivity contribution in [3.8, 4) is 11.5 Å². The lowest BCUT2D eigenvalue weighted by atomic mass is 10.2. The Morgan fingerprint density at radius 2 is 1.79 bits per heavy atom. The Kier molecular flexibility index (Phi) is 3.37. The normalized spacial score (nSPS) is 15.3. The Morgan fingerprint density at radius 3 is 2.37 bits per heavy atom. The SMILES string of the molecule is COc1ccc(N2C(=O)CC(=O)NC2=O)cc1OC. The van der Waals surface area contributed by atoms with Crippen molar-refractivity contribution in [3.63, 3.8) is 0 Å². The molecule has 4 amide bonds. The van der Waals surface area contributed by atoms with E-state index in [1.54, 1.807) is 6.07 Å². The number of methoxy groups -OCH3 is 2. The first-order chi connectivity index (χ1) is 9.06. The summed E-state index contributed by atoms with van der Waals surface area (Å²) in [5.74, 6) is -0.322. The lowest BCUT2D eigenvalue weighted by molar-refractivity contribution is -0.128. The Hall–Kier alpha value is -2.57. The highest BCUT2D eigenvalue weighted by atomic mass is 16.5. The fourth-order valence-corrected chi connectivity index (χ4v) is 1.77. The number of barbiturate groups is 1. The Morgan fingerprint density at radius 1 is 1.11 bits per heavy atom. The predicted molar refractivity (Wildman–Crippen MR) is 65.2 cm³/mol. The number of ether oxygens (including phenoxy) is 2. The molecule has 1 aromatic rings. The highest BCUT2D eigenvalue weighted by Gasteiger charge is 2.32. The van der Waals surface area contributed by atoms with Crippen molar-refractivity contribution in [1.82, 2.24) is 5.32 Å². The van der Waals surface area contributed by atoms with E-state index in [4.69, 9.17) is 9.47 Å². The van der Waals surface area contributed by atoms with Crippen molar-refractivity contribution in [2.75, 3.05) is 19.1 Å². The molecule has 0 radical (unpaired) electrons. The van der Waals surface area contributed by atoms with Gasteiger partial charge in [0.25, 0.3) is 0 Å². The summed E-state index contributed by atoms with van der Waals surface area (Å²) in [4.78, 5) is 35.4. The fourth-order valence-electron chi connectivity index (χ4n) is 1.77. The zero-order valence-corrected chi connectivity index (χ0v) is 10.4. The van der Waals surface area contributed by atoms with Crippen LogP contribution in [0.4, 0.5) is 10.5 Å². The number of hydrogen-bond donors (Lipinski definition) is 1. The second kappa shape index (κ2) is 4.97. The average Bonchev–Trinajstić information content (AvgIpc) is 2.37. The molecule has 1 aliphatic rings. The zero-order chi connectivity index (χ0) is 14.0. The monoisotopic (exact) mass is 264 g/mol. The molecule has 0 atom stereocenters. The van der Waals surface area contributed by atoms with E-state index in [1.165, 1.54) is 26.4 Å². The Bertz CT molecular complexity index is 535. The fraction of sp³-hybridized carbons (Fsp3) is 0.250. The van der Waals surface area contributed by atoms with E-state index in [0.717, 1.165) is 4.90 Å². The van der Waals surface area contributed by atoms with Crippen LogP contribution in [-0.2, 0) is 9.59 Å². The van der Waals surface area contributed by atoms with Gasteiger partial charge in [0.15, 0.2) is 11.5 Å². The number of urea groups is 1. The third-order valence-corrected chi connectivity index (χ3v) is 2.64. The van der Waals surface area contributed by atoms with Crippen molar-refractivity contribution in [1.29, 1.82) is 0 Å². The van der Waals surface area contributed by atoms with Gasteiger partial charge < -0.3 is 9.47 Å². The Balaban J connectivity index is 2.38. The van der Waals surface area contributed by atoms with Crippen molar-refractivity contribution in [2.24, 2.45) is 0 Å². The number of benzene rings is 1. The van der Waals surface area contributed by atoms with Gasteiger partial charge in [-0.25, -0.2) is 9.69 Å². The van der Waals surface area contributed by atoms with Crippen molar-refractivity contribution < 1.29 is 23.9 Å². The molecule has 0 aliphatic carbocycles. The zero-order valence-electron chi connectivity index (χ0n) is 10.4. The van der Waals surface area contributed by atoms with E-state index in [0.29, 0.717) is 17.2 Å². The maximum Gasteiger partial charge on any atom is 0.335 e. The van der Waals surface area contributed by atoms with E-state index in [2.05, 4.69) is 5.32 Å². The summed E-state index contributed by atoms with van der Waals surface area (Å²) in [5, 5.41) is 2.08. The maximum atomic E-state index is 11.7. The van der Waals surface area contributed by atoms with Crippen LogP contribution < -0.4 is 19.7 Å². The number of nitrogens with zero attached hydrogens (tertiary/aromatic N) is 1. The number of carbonyl (C=O) groups excluding carboxylic acids is 3. The van der Waals surface area contributed by atoms with Gasteiger partial charge in [-0.3, -0.25) is 14.9 Å². The third kappa shape index (κ3) is 2.35. The second-order valence-electron chi connectivity index (χ2n) is 3.80. The minimum atomic E-state index is -0.770. The topological polar surface area (TPSA) is 84.9 Å². The largest absolute Gasteiger partial charge is 0.493 e. The quantitative estimate of drug-likeness (QED) is 0.811. The van der Waals surface area contributed by atoms with Gasteiger partial charge in [-0.2, -0.15) is 0 Å². The average molecular weight is 264 g/mol. The molecule has 0 aromatic heterocycles.